The highest BCUT2D eigenvalue weighted by molar-refractivity contribution is 9.10. The van der Waals surface area contributed by atoms with Crippen molar-refractivity contribution in [3.8, 4) is 0 Å². The quantitative estimate of drug-likeness (QED) is 0.433. The summed E-state index contributed by atoms with van der Waals surface area (Å²) in [6.07, 6.45) is 0.121. The van der Waals surface area contributed by atoms with Gasteiger partial charge in [0.15, 0.2) is 0 Å². The zero-order chi connectivity index (χ0) is 15.6. The van der Waals surface area contributed by atoms with Crippen molar-refractivity contribution >= 4 is 31.9 Å². The smallest absolute Gasteiger partial charge is 0.143 e. The van der Waals surface area contributed by atoms with Crippen molar-refractivity contribution in [1.82, 2.24) is 5.43 Å². The maximum atomic E-state index is 14.1. The van der Waals surface area contributed by atoms with E-state index in [1.807, 2.05) is 25.1 Å². The fourth-order valence-corrected chi connectivity index (χ4v) is 3.10. The van der Waals surface area contributed by atoms with Gasteiger partial charge in [-0.3, -0.25) is 11.3 Å². The molecule has 0 amide bonds. The Morgan fingerprint density at radius 3 is 2.52 bits per heavy atom. The molecule has 0 fully saturated rings. The van der Waals surface area contributed by atoms with Crippen molar-refractivity contribution in [2.24, 2.45) is 5.84 Å². The summed E-state index contributed by atoms with van der Waals surface area (Å²) in [5.74, 6) is 4.41. The second-order valence-corrected chi connectivity index (χ2v) is 6.52. The summed E-state index contributed by atoms with van der Waals surface area (Å²) < 4.78 is 29.1. The molecule has 0 spiro atoms. The summed E-state index contributed by atoms with van der Waals surface area (Å²) in [4.78, 5) is 0. The van der Waals surface area contributed by atoms with Gasteiger partial charge >= 0.3 is 0 Å². The SMILES string of the molecule is Cc1cc(Br)ccc1C(Cc1c(F)ccc(Br)c1F)NN. The van der Waals surface area contributed by atoms with Crippen LogP contribution in [0.1, 0.15) is 22.7 Å². The number of hydrazine groups is 1. The molecule has 1 atom stereocenters. The Morgan fingerprint density at radius 2 is 1.90 bits per heavy atom. The number of aryl methyl sites for hydroxylation is 1. The van der Waals surface area contributed by atoms with Crippen LogP contribution in [-0.4, -0.2) is 0 Å². The first-order chi connectivity index (χ1) is 9.93. The van der Waals surface area contributed by atoms with Gasteiger partial charge in [0.2, 0.25) is 0 Å². The van der Waals surface area contributed by atoms with Gasteiger partial charge in [0.1, 0.15) is 11.6 Å². The second-order valence-electron chi connectivity index (χ2n) is 4.75. The highest BCUT2D eigenvalue weighted by Gasteiger charge is 2.19. The number of nitrogens with two attached hydrogens (primary N) is 1. The number of hydrogen-bond donors (Lipinski definition) is 2. The molecule has 0 aliphatic rings. The van der Waals surface area contributed by atoms with E-state index in [1.54, 1.807) is 0 Å². The van der Waals surface area contributed by atoms with Gasteiger partial charge in [-0.2, -0.15) is 0 Å². The highest BCUT2D eigenvalue weighted by Crippen LogP contribution is 2.28. The molecule has 21 heavy (non-hydrogen) atoms. The number of halogens is 4. The van der Waals surface area contributed by atoms with Crippen LogP contribution < -0.4 is 11.3 Å². The van der Waals surface area contributed by atoms with Crippen LogP contribution in [0.15, 0.2) is 39.3 Å². The Kier molecular flexibility index (Phi) is 5.48. The van der Waals surface area contributed by atoms with Crippen molar-refractivity contribution in [3.63, 3.8) is 0 Å². The Morgan fingerprint density at radius 1 is 1.19 bits per heavy atom. The van der Waals surface area contributed by atoms with Crippen LogP contribution in [0.4, 0.5) is 8.78 Å². The van der Waals surface area contributed by atoms with Gasteiger partial charge in [-0.15, -0.1) is 0 Å². The lowest BCUT2D eigenvalue weighted by atomic mass is 9.95. The minimum atomic E-state index is -0.593. The Hall–Kier alpha value is -0.820. The predicted molar refractivity (Wildman–Crippen MR) is 86.7 cm³/mol. The lowest BCUT2D eigenvalue weighted by molar-refractivity contribution is 0.496. The van der Waals surface area contributed by atoms with E-state index < -0.39 is 11.6 Å². The first-order valence-corrected chi connectivity index (χ1v) is 7.87. The first kappa shape index (κ1) is 16.5. The molecule has 6 heteroatoms. The number of hydrogen-bond acceptors (Lipinski definition) is 2. The average molecular weight is 420 g/mol. The van der Waals surface area contributed by atoms with Gasteiger partial charge in [0.05, 0.1) is 10.5 Å². The molecular formula is C15H14Br2F2N2. The topological polar surface area (TPSA) is 38.0 Å². The molecule has 0 heterocycles. The van der Waals surface area contributed by atoms with E-state index in [1.165, 1.54) is 12.1 Å². The van der Waals surface area contributed by atoms with Crippen molar-refractivity contribution in [3.05, 3.63) is 67.6 Å². The normalized spacial score (nSPS) is 12.5. The second kappa shape index (κ2) is 6.96. The van der Waals surface area contributed by atoms with E-state index in [-0.39, 0.29) is 22.5 Å². The summed E-state index contributed by atoms with van der Waals surface area (Å²) >= 11 is 6.46. The number of benzene rings is 2. The lowest BCUT2D eigenvalue weighted by Crippen LogP contribution is -2.30. The molecule has 0 radical (unpaired) electrons. The third-order valence-corrected chi connectivity index (χ3v) is 4.46. The van der Waals surface area contributed by atoms with E-state index in [4.69, 9.17) is 5.84 Å². The number of nitrogens with one attached hydrogen (secondary N) is 1. The molecule has 2 aromatic rings. The first-order valence-electron chi connectivity index (χ1n) is 6.28. The zero-order valence-corrected chi connectivity index (χ0v) is 14.4. The molecule has 3 N–H and O–H groups in total. The largest absolute Gasteiger partial charge is 0.271 e. The molecule has 0 saturated carbocycles. The minimum absolute atomic E-state index is 0.00893. The fourth-order valence-electron chi connectivity index (χ4n) is 2.25. The van der Waals surface area contributed by atoms with Gasteiger partial charge in [-0.05, 0) is 64.7 Å². The fraction of sp³-hybridized carbons (Fsp3) is 0.200. The van der Waals surface area contributed by atoms with E-state index in [0.717, 1.165) is 15.6 Å². The number of rotatable bonds is 4. The summed E-state index contributed by atoms with van der Waals surface area (Å²) in [5, 5.41) is 0. The third kappa shape index (κ3) is 3.69. The van der Waals surface area contributed by atoms with Crippen molar-refractivity contribution in [2.75, 3.05) is 0 Å². The summed E-state index contributed by atoms with van der Waals surface area (Å²) in [6, 6.07) is 7.91. The minimum Gasteiger partial charge on any atom is -0.271 e. The Labute approximate surface area is 139 Å². The predicted octanol–water partition coefficient (Wildman–Crippen LogP) is 4.55. The molecule has 0 saturated heterocycles. The van der Waals surface area contributed by atoms with Crippen LogP contribution in [-0.2, 0) is 6.42 Å². The Bertz CT molecular complexity index is 662. The van der Waals surface area contributed by atoms with Gasteiger partial charge in [0.25, 0.3) is 0 Å². The highest BCUT2D eigenvalue weighted by atomic mass is 79.9. The van der Waals surface area contributed by atoms with Crippen LogP contribution >= 0.6 is 31.9 Å². The van der Waals surface area contributed by atoms with Crippen molar-refractivity contribution < 1.29 is 8.78 Å². The third-order valence-electron chi connectivity index (χ3n) is 3.36. The molecule has 2 aromatic carbocycles. The van der Waals surface area contributed by atoms with Crippen LogP contribution in [0.2, 0.25) is 0 Å². The van der Waals surface area contributed by atoms with Crippen LogP contribution in [0.25, 0.3) is 0 Å². The molecule has 1 unspecified atom stereocenters. The van der Waals surface area contributed by atoms with Gasteiger partial charge in [0, 0.05) is 10.0 Å². The summed E-state index contributed by atoms with van der Waals surface area (Å²) in [7, 11) is 0. The van der Waals surface area contributed by atoms with Crippen molar-refractivity contribution in [1.29, 1.82) is 0 Å². The Balaban J connectivity index is 2.38. The van der Waals surface area contributed by atoms with Gasteiger partial charge in [-0.1, -0.05) is 22.0 Å². The van der Waals surface area contributed by atoms with Gasteiger partial charge < -0.3 is 0 Å². The van der Waals surface area contributed by atoms with Crippen LogP contribution in [0.3, 0.4) is 0 Å². The molecule has 112 valence electrons. The maximum absolute atomic E-state index is 14.1. The molecule has 2 nitrogen and oxygen atoms in total. The van der Waals surface area contributed by atoms with Crippen molar-refractivity contribution in [2.45, 2.75) is 19.4 Å². The van der Waals surface area contributed by atoms with Gasteiger partial charge in [-0.25, -0.2) is 8.78 Å². The molecule has 2 rings (SSSR count). The monoisotopic (exact) mass is 418 g/mol. The summed E-state index contributed by atoms with van der Waals surface area (Å²) in [5.41, 5.74) is 4.54. The molecule has 0 bridgehead atoms. The zero-order valence-electron chi connectivity index (χ0n) is 11.3. The maximum Gasteiger partial charge on any atom is 0.143 e. The average Bonchev–Trinajstić information content (AvgIpc) is 2.44. The van der Waals surface area contributed by atoms with E-state index in [0.29, 0.717) is 0 Å². The van der Waals surface area contributed by atoms with E-state index >= 15 is 0 Å². The molecule has 0 aliphatic carbocycles. The summed E-state index contributed by atoms with van der Waals surface area (Å²) in [6.45, 7) is 1.93. The van der Waals surface area contributed by atoms with Crippen LogP contribution in [0.5, 0.6) is 0 Å². The van der Waals surface area contributed by atoms with Crippen LogP contribution in [0, 0.1) is 18.6 Å². The molecule has 0 aliphatic heterocycles. The standard InChI is InChI=1S/C15H14Br2F2N2/c1-8-6-9(16)2-3-10(8)14(21-20)7-11-13(18)5-4-12(17)15(11)19/h2-6,14,21H,7,20H2,1H3. The van der Waals surface area contributed by atoms with E-state index in [2.05, 4.69) is 37.3 Å². The lowest BCUT2D eigenvalue weighted by Gasteiger charge is -2.20. The molecule has 0 aromatic heterocycles. The van der Waals surface area contributed by atoms with E-state index in [9.17, 15) is 8.78 Å². The molecular weight excluding hydrogens is 406 g/mol.